The van der Waals surface area contributed by atoms with Crippen LogP contribution < -0.4 is 4.74 Å². The standard InChI is InChI=1S/C27H32O4S/c1-4-5-9-22-14-17-27(30-3)26(20-22)25(23-10-7-6-8-11-23)18-19-31-32(28,29)24-15-12-21(2)13-16-24/h6-8,10-17,20,25H,4-5,9,18-19H2,1-3H3/t25-/m0/s1. The lowest BCUT2D eigenvalue weighted by Crippen LogP contribution is -2.12. The molecule has 0 aliphatic carbocycles. The van der Waals surface area contributed by atoms with Gasteiger partial charge in [-0.2, -0.15) is 8.42 Å². The van der Waals surface area contributed by atoms with Crippen molar-refractivity contribution in [3.05, 3.63) is 95.1 Å². The van der Waals surface area contributed by atoms with E-state index in [2.05, 4.69) is 31.2 Å². The van der Waals surface area contributed by atoms with Crippen molar-refractivity contribution >= 4 is 10.1 Å². The molecule has 1 atom stereocenters. The molecule has 3 rings (SSSR count). The molecule has 0 saturated heterocycles. The van der Waals surface area contributed by atoms with Crippen LogP contribution in [0.5, 0.6) is 5.75 Å². The Kier molecular flexibility index (Phi) is 8.48. The van der Waals surface area contributed by atoms with Gasteiger partial charge in [0, 0.05) is 11.5 Å². The average molecular weight is 453 g/mol. The normalized spacial score (nSPS) is 12.5. The lowest BCUT2D eigenvalue weighted by Gasteiger charge is -2.21. The highest BCUT2D eigenvalue weighted by Crippen LogP contribution is 2.35. The van der Waals surface area contributed by atoms with Crippen molar-refractivity contribution in [3.63, 3.8) is 0 Å². The molecule has 0 aliphatic rings. The van der Waals surface area contributed by atoms with Crippen molar-refractivity contribution in [2.24, 2.45) is 0 Å². The first kappa shape index (κ1) is 24.0. The second-order valence-electron chi connectivity index (χ2n) is 8.02. The maximum Gasteiger partial charge on any atom is 0.296 e. The van der Waals surface area contributed by atoms with E-state index in [-0.39, 0.29) is 17.4 Å². The fourth-order valence-corrected chi connectivity index (χ4v) is 4.75. The van der Waals surface area contributed by atoms with E-state index in [1.165, 1.54) is 5.56 Å². The molecular weight excluding hydrogens is 420 g/mol. The van der Waals surface area contributed by atoms with Gasteiger partial charge in [0.1, 0.15) is 5.75 Å². The zero-order valence-corrected chi connectivity index (χ0v) is 19.9. The Morgan fingerprint density at radius 3 is 2.31 bits per heavy atom. The molecule has 0 spiro atoms. The Labute approximate surface area is 192 Å². The maximum atomic E-state index is 12.6. The third-order valence-electron chi connectivity index (χ3n) is 5.65. The first-order chi connectivity index (χ1) is 15.4. The van der Waals surface area contributed by atoms with E-state index in [1.807, 2.05) is 31.2 Å². The van der Waals surface area contributed by atoms with Crippen molar-refractivity contribution in [1.82, 2.24) is 0 Å². The number of unbranched alkanes of at least 4 members (excludes halogenated alkanes) is 1. The summed E-state index contributed by atoms with van der Waals surface area (Å²) in [5.74, 6) is 0.765. The second-order valence-corrected chi connectivity index (χ2v) is 9.64. The Morgan fingerprint density at radius 1 is 0.938 bits per heavy atom. The summed E-state index contributed by atoms with van der Waals surface area (Å²) in [6, 6.07) is 23.1. The molecule has 0 radical (unpaired) electrons. The highest BCUT2D eigenvalue weighted by Gasteiger charge is 2.21. The van der Waals surface area contributed by atoms with E-state index in [9.17, 15) is 8.42 Å². The second kappa shape index (κ2) is 11.3. The van der Waals surface area contributed by atoms with E-state index in [4.69, 9.17) is 8.92 Å². The predicted octanol–water partition coefficient (Wildman–Crippen LogP) is 6.27. The molecule has 170 valence electrons. The summed E-state index contributed by atoms with van der Waals surface area (Å²) in [6.07, 6.45) is 3.78. The third-order valence-corrected chi connectivity index (χ3v) is 6.97. The third kappa shape index (κ3) is 6.21. The minimum absolute atomic E-state index is 0.0408. The molecule has 3 aromatic carbocycles. The summed E-state index contributed by atoms with van der Waals surface area (Å²) in [4.78, 5) is 0.179. The van der Waals surface area contributed by atoms with Crippen molar-refractivity contribution in [2.75, 3.05) is 13.7 Å². The lowest BCUT2D eigenvalue weighted by molar-refractivity contribution is 0.304. The molecule has 0 aliphatic heterocycles. The summed E-state index contributed by atoms with van der Waals surface area (Å²) >= 11 is 0. The van der Waals surface area contributed by atoms with Gasteiger partial charge in [0.15, 0.2) is 0 Å². The Hall–Kier alpha value is -2.63. The molecule has 0 N–H and O–H groups in total. The van der Waals surface area contributed by atoms with Gasteiger partial charge in [-0.15, -0.1) is 0 Å². The lowest BCUT2D eigenvalue weighted by atomic mass is 9.87. The van der Waals surface area contributed by atoms with Crippen LogP contribution in [-0.2, 0) is 20.7 Å². The number of hydrogen-bond acceptors (Lipinski definition) is 4. The van der Waals surface area contributed by atoms with Gasteiger partial charge in [-0.05, 0) is 55.5 Å². The van der Waals surface area contributed by atoms with E-state index >= 15 is 0 Å². The van der Waals surface area contributed by atoms with Crippen LogP contribution in [0.2, 0.25) is 0 Å². The van der Waals surface area contributed by atoms with Crippen LogP contribution in [0, 0.1) is 6.92 Å². The molecule has 0 saturated carbocycles. The molecule has 32 heavy (non-hydrogen) atoms. The number of methoxy groups -OCH3 is 1. The van der Waals surface area contributed by atoms with Crippen LogP contribution in [0.25, 0.3) is 0 Å². The highest BCUT2D eigenvalue weighted by molar-refractivity contribution is 7.86. The first-order valence-corrected chi connectivity index (χ1v) is 12.5. The van der Waals surface area contributed by atoms with Crippen LogP contribution >= 0.6 is 0 Å². The van der Waals surface area contributed by atoms with Crippen molar-refractivity contribution < 1.29 is 17.3 Å². The van der Waals surface area contributed by atoms with E-state index < -0.39 is 10.1 Å². The van der Waals surface area contributed by atoms with Gasteiger partial charge in [-0.3, -0.25) is 4.18 Å². The van der Waals surface area contributed by atoms with Gasteiger partial charge in [0.25, 0.3) is 10.1 Å². The SMILES string of the molecule is CCCCc1ccc(OC)c([C@@H](CCOS(=O)(=O)c2ccc(C)cc2)c2ccccc2)c1. The Morgan fingerprint density at radius 2 is 1.66 bits per heavy atom. The van der Waals surface area contributed by atoms with Gasteiger partial charge in [0.2, 0.25) is 0 Å². The minimum Gasteiger partial charge on any atom is -0.496 e. The summed E-state index contributed by atoms with van der Waals surface area (Å²) in [7, 11) is -2.13. The average Bonchev–Trinajstić information content (AvgIpc) is 2.81. The largest absolute Gasteiger partial charge is 0.496 e. The highest BCUT2D eigenvalue weighted by atomic mass is 32.2. The summed E-state index contributed by atoms with van der Waals surface area (Å²) in [5.41, 5.74) is 4.43. The first-order valence-electron chi connectivity index (χ1n) is 11.1. The number of rotatable bonds is 11. The summed E-state index contributed by atoms with van der Waals surface area (Å²) in [6.45, 7) is 4.19. The van der Waals surface area contributed by atoms with Crippen LogP contribution in [0.4, 0.5) is 0 Å². The number of aryl methyl sites for hydroxylation is 2. The molecule has 4 nitrogen and oxygen atoms in total. The zero-order valence-electron chi connectivity index (χ0n) is 19.1. The zero-order chi connectivity index (χ0) is 23.0. The minimum atomic E-state index is -3.80. The van der Waals surface area contributed by atoms with Gasteiger partial charge >= 0.3 is 0 Å². The van der Waals surface area contributed by atoms with Crippen molar-refractivity contribution in [3.8, 4) is 5.75 Å². The van der Waals surface area contributed by atoms with Gasteiger partial charge in [-0.1, -0.05) is 73.5 Å². The molecule has 0 bridgehead atoms. The molecule has 3 aromatic rings. The molecule has 0 heterocycles. The Balaban J connectivity index is 1.85. The van der Waals surface area contributed by atoms with Crippen LogP contribution in [-0.4, -0.2) is 22.1 Å². The van der Waals surface area contributed by atoms with E-state index in [0.717, 1.165) is 41.7 Å². The fraction of sp³-hybridized carbons (Fsp3) is 0.333. The van der Waals surface area contributed by atoms with Crippen molar-refractivity contribution in [2.45, 2.75) is 50.3 Å². The Bertz CT molecular complexity index is 1090. The smallest absolute Gasteiger partial charge is 0.296 e. The predicted molar refractivity (Wildman–Crippen MR) is 129 cm³/mol. The maximum absolute atomic E-state index is 12.6. The summed E-state index contributed by atoms with van der Waals surface area (Å²) < 4.78 is 36.4. The molecular formula is C27H32O4S. The van der Waals surface area contributed by atoms with E-state index in [1.54, 1.807) is 31.4 Å². The monoisotopic (exact) mass is 452 g/mol. The van der Waals surface area contributed by atoms with Gasteiger partial charge < -0.3 is 4.74 Å². The van der Waals surface area contributed by atoms with Crippen LogP contribution in [0.1, 0.15) is 54.4 Å². The number of ether oxygens (including phenoxy) is 1. The molecule has 0 fully saturated rings. The molecule has 0 aromatic heterocycles. The fourth-order valence-electron chi connectivity index (χ4n) is 3.83. The van der Waals surface area contributed by atoms with Gasteiger partial charge in [0.05, 0.1) is 18.6 Å². The number of hydrogen-bond donors (Lipinski definition) is 0. The van der Waals surface area contributed by atoms with E-state index in [0.29, 0.717) is 6.42 Å². The summed E-state index contributed by atoms with van der Waals surface area (Å²) in [5, 5.41) is 0. The topological polar surface area (TPSA) is 52.6 Å². The quantitative estimate of drug-likeness (QED) is 0.322. The number of benzene rings is 3. The van der Waals surface area contributed by atoms with Gasteiger partial charge in [-0.25, -0.2) is 0 Å². The van der Waals surface area contributed by atoms with Crippen LogP contribution in [0.15, 0.2) is 77.7 Å². The van der Waals surface area contributed by atoms with Crippen LogP contribution in [0.3, 0.4) is 0 Å². The molecule has 0 amide bonds. The van der Waals surface area contributed by atoms with Crippen molar-refractivity contribution in [1.29, 1.82) is 0 Å². The molecule has 5 heteroatoms. The molecule has 0 unspecified atom stereocenters.